The van der Waals surface area contributed by atoms with Crippen molar-refractivity contribution < 1.29 is 9.53 Å². The Bertz CT molecular complexity index is 954. The molecule has 2 aliphatic heterocycles. The molecule has 2 aromatic rings. The molecule has 0 unspecified atom stereocenters. The van der Waals surface area contributed by atoms with Crippen LogP contribution in [0.1, 0.15) is 71.4 Å². The fourth-order valence-corrected chi connectivity index (χ4v) is 5.30. The SMILES string of the molecule is CC(C)(C)OC(=O)N1CCC(C)(c2ccc(Br)cc2)CC1.CC1(c2ccc(Br)cc2)CCNCC1. The van der Waals surface area contributed by atoms with Gasteiger partial charge in [-0.25, -0.2) is 4.79 Å². The molecule has 192 valence electrons. The lowest BCUT2D eigenvalue weighted by Gasteiger charge is -2.40. The number of hydrogen-bond donors (Lipinski definition) is 1. The summed E-state index contributed by atoms with van der Waals surface area (Å²) in [4.78, 5) is 13.9. The molecule has 1 amide bonds. The standard InChI is InChI=1S/C17H24BrNO2.C12H16BrN/c1-16(2,3)21-15(20)19-11-9-17(4,10-12-19)13-5-7-14(18)8-6-13;1-12(6-8-14-9-7-12)10-2-4-11(13)5-3-10/h5-8H,9-12H2,1-4H3;2-5,14H,6-9H2,1H3. The third-order valence-electron chi connectivity index (χ3n) is 7.31. The summed E-state index contributed by atoms with van der Waals surface area (Å²) in [6.45, 7) is 14.2. The molecule has 0 spiro atoms. The van der Waals surface area contributed by atoms with E-state index in [1.54, 1.807) is 0 Å². The molecule has 2 aliphatic rings. The number of piperidine rings is 2. The van der Waals surface area contributed by atoms with Gasteiger partial charge in [-0.05, 0) is 106 Å². The zero-order chi connectivity index (χ0) is 25.7. The van der Waals surface area contributed by atoms with E-state index in [2.05, 4.69) is 99.6 Å². The Morgan fingerprint density at radius 3 is 1.60 bits per heavy atom. The molecule has 2 fully saturated rings. The summed E-state index contributed by atoms with van der Waals surface area (Å²) < 4.78 is 7.71. The van der Waals surface area contributed by atoms with Crippen LogP contribution < -0.4 is 5.32 Å². The van der Waals surface area contributed by atoms with Crippen molar-refractivity contribution >= 4 is 38.0 Å². The maximum absolute atomic E-state index is 12.1. The second-order valence-corrected chi connectivity index (χ2v) is 13.2. The lowest BCUT2D eigenvalue weighted by Crippen LogP contribution is -2.45. The minimum absolute atomic E-state index is 0.138. The number of halogens is 2. The normalized spacial score (nSPS) is 19.3. The first-order valence-corrected chi connectivity index (χ1v) is 14.2. The van der Waals surface area contributed by atoms with E-state index in [1.807, 2.05) is 25.7 Å². The van der Waals surface area contributed by atoms with E-state index in [1.165, 1.54) is 28.4 Å². The number of likely N-dealkylation sites (tertiary alicyclic amines) is 1. The van der Waals surface area contributed by atoms with Gasteiger partial charge in [-0.3, -0.25) is 0 Å². The van der Waals surface area contributed by atoms with Crippen molar-refractivity contribution in [1.82, 2.24) is 10.2 Å². The van der Waals surface area contributed by atoms with Gasteiger partial charge < -0.3 is 15.0 Å². The topological polar surface area (TPSA) is 41.6 Å². The molecule has 2 saturated heterocycles. The zero-order valence-electron chi connectivity index (χ0n) is 21.8. The number of amides is 1. The van der Waals surface area contributed by atoms with Crippen LogP contribution in [0.4, 0.5) is 4.79 Å². The zero-order valence-corrected chi connectivity index (χ0v) is 25.0. The van der Waals surface area contributed by atoms with Crippen molar-refractivity contribution in [3.63, 3.8) is 0 Å². The molecular weight excluding hydrogens is 568 g/mol. The molecule has 1 N–H and O–H groups in total. The van der Waals surface area contributed by atoms with Crippen molar-refractivity contribution in [3.8, 4) is 0 Å². The van der Waals surface area contributed by atoms with Crippen molar-refractivity contribution in [2.24, 2.45) is 0 Å². The molecular formula is C29H40Br2N2O2. The van der Waals surface area contributed by atoms with Crippen LogP contribution in [0.15, 0.2) is 57.5 Å². The lowest BCUT2D eigenvalue weighted by atomic mass is 9.75. The van der Waals surface area contributed by atoms with Gasteiger partial charge in [-0.2, -0.15) is 0 Å². The summed E-state index contributed by atoms with van der Waals surface area (Å²) in [6, 6.07) is 17.3. The number of nitrogens with zero attached hydrogens (tertiary/aromatic N) is 1. The monoisotopic (exact) mass is 606 g/mol. The summed E-state index contributed by atoms with van der Waals surface area (Å²) in [5, 5.41) is 3.41. The van der Waals surface area contributed by atoms with Crippen molar-refractivity contribution in [2.75, 3.05) is 26.2 Å². The Labute approximate surface area is 228 Å². The van der Waals surface area contributed by atoms with Gasteiger partial charge in [0.05, 0.1) is 0 Å². The number of rotatable bonds is 2. The van der Waals surface area contributed by atoms with E-state index in [9.17, 15) is 4.79 Å². The van der Waals surface area contributed by atoms with Crippen LogP contribution in [0, 0.1) is 0 Å². The Morgan fingerprint density at radius 2 is 1.20 bits per heavy atom. The number of hydrogen-bond acceptors (Lipinski definition) is 3. The Morgan fingerprint density at radius 1 is 0.800 bits per heavy atom. The highest BCUT2D eigenvalue weighted by atomic mass is 79.9. The molecule has 0 bridgehead atoms. The number of ether oxygens (including phenoxy) is 1. The molecule has 0 saturated carbocycles. The number of benzene rings is 2. The third kappa shape index (κ3) is 8.06. The van der Waals surface area contributed by atoms with Crippen molar-refractivity contribution in [2.45, 2.75) is 76.7 Å². The van der Waals surface area contributed by atoms with E-state index in [4.69, 9.17) is 4.74 Å². The third-order valence-corrected chi connectivity index (χ3v) is 8.37. The molecule has 4 nitrogen and oxygen atoms in total. The molecule has 2 heterocycles. The molecule has 35 heavy (non-hydrogen) atoms. The van der Waals surface area contributed by atoms with Gasteiger partial charge in [0.25, 0.3) is 0 Å². The van der Waals surface area contributed by atoms with Crippen LogP contribution in [-0.2, 0) is 15.6 Å². The van der Waals surface area contributed by atoms with Crippen LogP contribution in [-0.4, -0.2) is 42.8 Å². The van der Waals surface area contributed by atoms with Crippen LogP contribution in [0.3, 0.4) is 0 Å². The summed E-state index contributed by atoms with van der Waals surface area (Å²) in [7, 11) is 0. The Hall–Kier alpha value is -1.37. The van der Waals surface area contributed by atoms with Crippen LogP contribution >= 0.6 is 31.9 Å². The Kier molecular flexibility index (Phi) is 9.50. The van der Waals surface area contributed by atoms with E-state index in [-0.39, 0.29) is 11.5 Å². The number of nitrogens with one attached hydrogen (secondary N) is 1. The van der Waals surface area contributed by atoms with Gasteiger partial charge in [0.2, 0.25) is 0 Å². The van der Waals surface area contributed by atoms with Gasteiger partial charge >= 0.3 is 6.09 Å². The number of carbonyl (C=O) groups excluding carboxylic acids is 1. The summed E-state index contributed by atoms with van der Waals surface area (Å²) in [5.74, 6) is 0. The highest BCUT2D eigenvalue weighted by molar-refractivity contribution is 9.10. The molecule has 2 aromatic carbocycles. The van der Waals surface area contributed by atoms with Gasteiger partial charge in [0, 0.05) is 22.0 Å². The first-order chi connectivity index (χ1) is 16.4. The van der Waals surface area contributed by atoms with Crippen molar-refractivity contribution in [3.05, 3.63) is 68.6 Å². The first kappa shape index (κ1) is 28.2. The molecule has 6 heteroatoms. The molecule has 0 radical (unpaired) electrons. The van der Waals surface area contributed by atoms with Crippen LogP contribution in [0.5, 0.6) is 0 Å². The molecule has 0 aliphatic carbocycles. The highest BCUT2D eigenvalue weighted by Crippen LogP contribution is 2.36. The second kappa shape index (κ2) is 11.8. The van der Waals surface area contributed by atoms with E-state index in [0.29, 0.717) is 5.41 Å². The highest BCUT2D eigenvalue weighted by Gasteiger charge is 2.34. The molecule has 0 aromatic heterocycles. The van der Waals surface area contributed by atoms with E-state index in [0.717, 1.165) is 43.5 Å². The van der Waals surface area contributed by atoms with Gasteiger partial charge in [-0.15, -0.1) is 0 Å². The minimum atomic E-state index is -0.427. The summed E-state index contributed by atoms with van der Waals surface area (Å²) >= 11 is 6.95. The van der Waals surface area contributed by atoms with E-state index < -0.39 is 5.60 Å². The summed E-state index contributed by atoms with van der Waals surface area (Å²) in [5.41, 5.74) is 2.91. The second-order valence-electron chi connectivity index (χ2n) is 11.4. The Balaban J connectivity index is 0.000000211. The van der Waals surface area contributed by atoms with Crippen molar-refractivity contribution in [1.29, 1.82) is 0 Å². The maximum Gasteiger partial charge on any atom is 0.410 e. The quantitative estimate of drug-likeness (QED) is 0.378. The minimum Gasteiger partial charge on any atom is -0.444 e. The van der Waals surface area contributed by atoms with E-state index >= 15 is 0 Å². The van der Waals surface area contributed by atoms with Gasteiger partial charge in [0.15, 0.2) is 0 Å². The smallest absolute Gasteiger partial charge is 0.410 e. The fraction of sp³-hybridized carbons (Fsp3) is 0.552. The first-order valence-electron chi connectivity index (χ1n) is 12.6. The fourth-order valence-electron chi connectivity index (χ4n) is 4.77. The van der Waals surface area contributed by atoms with Crippen LogP contribution in [0.25, 0.3) is 0 Å². The van der Waals surface area contributed by atoms with Crippen LogP contribution in [0.2, 0.25) is 0 Å². The molecule has 0 atom stereocenters. The number of carbonyl (C=O) groups is 1. The predicted molar refractivity (Wildman–Crippen MR) is 152 cm³/mol. The van der Waals surface area contributed by atoms with Gasteiger partial charge in [0.1, 0.15) is 5.60 Å². The average Bonchev–Trinajstić information content (AvgIpc) is 2.80. The predicted octanol–water partition coefficient (Wildman–Crippen LogP) is 7.83. The lowest BCUT2D eigenvalue weighted by molar-refractivity contribution is 0.0172. The van der Waals surface area contributed by atoms with Gasteiger partial charge in [-0.1, -0.05) is 70.0 Å². The maximum atomic E-state index is 12.1. The average molecular weight is 608 g/mol. The molecule has 4 rings (SSSR count). The summed E-state index contributed by atoms with van der Waals surface area (Å²) in [6.07, 6.45) is 4.23. The largest absolute Gasteiger partial charge is 0.444 e.